The summed E-state index contributed by atoms with van der Waals surface area (Å²) in [6.45, 7) is 4.20. The fraction of sp³-hybridized carbons (Fsp3) is 0.400. The normalized spacial score (nSPS) is 16.7. The lowest BCUT2D eigenvalue weighted by Crippen LogP contribution is -2.29. The molecule has 1 saturated heterocycles. The second-order valence-corrected chi connectivity index (χ2v) is 4.82. The Morgan fingerprint density at radius 2 is 1.78 bits per heavy atom. The van der Waals surface area contributed by atoms with Crippen molar-refractivity contribution >= 4 is 17.2 Å². The number of hydrogen-bond acceptors (Lipinski definition) is 2. The van der Waals surface area contributed by atoms with Crippen molar-refractivity contribution in [2.24, 2.45) is 5.73 Å². The van der Waals surface area contributed by atoms with Gasteiger partial charge in [-0.25, -0.2) is 0 Å². The monoisotopic (exact) mass is 244 g/mol. The summed E-state index contributed by atoms with van der Waals surface area (Å²) in [5, 5.41) is 0. The van der Waals surface area contributed by atoms with Gasteiger partial charge in [-0.3, -0.25) is 4.79 Å². The van der Waals surface area contributed by atoms with Crippen LogP contribution in [0.1, 0.15) is 31.7 Å². The van der Waals surface area contributed by atoms with Crippen LogP contribution in [0.15, 0.2) is 30.3 Å². The first kappa shape index (κ1) is 12.7. The molecule has 3 nitrogen and oxygen atoms in total. The van der Waals surface area contributed by atoms with Gasteiger partial charge in [-0.05, 0) is 49.5 Å². The molecule has 3 heteroatoms. The summed E-state index contributed by atoms with van der Waals surface area (Å²) in [5.41, 5.74) is 8.38. The topological polar surface area (TPSA) is 46.3 Å². The van der Waals surface area contributed by atoms with Gasteiger partial charge in [0.05, 0.1) is 0 Å². The zero-order valence-corrected chi connectivity index (χ0v) is 10.9. The number of carbonyl (C=O) groups is 1. The molecule has 0 aromatic heterocycles. The number of amides is 1. The Kier molecular flexibility index (Phi) is 4.03. The lowest BCUT2D eigenvalue weighted by Gasteiger charge is -2.28. The molecule has 96 valence electrons. The third kappa shape index (κ3) is 3.13. The Hall–Kier alpha value is -1.77. The van der Waals surface area contributed by atoms with Crippen LogP contribution < -0.4 is 10.6 Å². The van der Waals surface area contributed by atoms with Crippen LogP contribution in [0.5, 0.6) is 0 Å². The van der Waals surface area contributed by atoms with E-state index < -0.39 is 5.91 Å². The Bertz CT molecular complexity index is 442. The number of piperidine rings is 1. The number of benzene rings is 1. The molecule has 0 bridgehead atoms. The van der Waals surface area contributed by atoms with Crippen LogP contribution in [0.3, 0.4) is 0 Å². The van der Waals surface area contributed by atoms with Gasteiger partial charge < -0.3 is 10.6 Å². The third-order valence-corrected chi connectivity index (χ3v) is 3.40. The van der Waals surface area contributed by atoms with Gasteiger partial charge in [-0.2, -0.15) is 0 Å². The molecule has 1 aromatic rings. The van der Waals surface area contributed by atoms with Crippen molar-refractivity contribution in [3.8, 4) is 0 Å². The number of hydrogen-bond donors (Lipinski definition) is 1. The van der Waals surface area contributed by atoms with Gasteiger partial charge in [0.25, 0.3) is 0 Å². The predicted octanol–water partition coefficient (Wildman–Crippen LogP) is 2.57. The summed E-state index contributed by atoms with van der Waals surface area (Å²) in [6, 6.07) is 8.36. The highest BCUT2D eigenvalue weighted by atomic mass is 16.1. The van der Waals surface area contributed by atoms with Gasteiger partial charge in [-0.1, -0.05) is 12.1 Å². The van der Waals surface area contributed by atoms with Crippen LogP contribution in [-0.4, -0.2) is 19.0 Å². The molecule has 0 spiro atoms. The number of anilines is 1. The highest BCUT2D eigenvalue weighted by Gasteiger charge is 2.10. The van der Waals surface area contributed by atoms with E-state index in [0.29, 0.717) is 0 Å². The number of primary amides is 1. The van der Waals surface area contributed by atoms with E-state index in [1.54, 1.807) is 0 Å². The van der Waals surface area contributed by atoms with Gasteiger partial charge in [-0.15, -0.1) is 0 Å². The summed E-state index contributed by atoms with van der Waals surface area (Å²) in [4.78, 5) is 13.3. The van der Waals surface area contributed by atoms with Crippen molar-refractivity contribution < 1.29 is 4.79 Å². The molecule has 1 heterocycles. The van der Waals surface area contributed by atoms with E-state index in [4.69, 9.17) is 5.73 Å². The molecule has 2 N–H and O–H groups in total. The first-order chi connectivity index (χ1) is 8.66. The molecule has 18 heavy (non-hydrogen) atoms. The number of allylic oxidation sites excluding steroid dienone is 1. The molecule has 1 aliphatic heterocycles. The molecule has 0 radical (unpaired) electrons. The smallest absolute Gasteiger partial charge is 0.241 e. The molecule has 2 rings (SSSR count). The minimum Gasteiger partial charge on any atom is -0.372 e. The highest BCUT2D eigenvalue weighted by molar-refractivity contribution is 5.93. The van der Waals surface area contributed by atoms with Gasteiger partial charge in [0.15, 0.2) is 0 Å². The molecule has 0 saturated carbocycles. The Morgan fingerprint density at radius 1 is 1.17 bits per heavy atom. The summed E-state index contributed by atoms with van der Waals surface area (Å²) in [6.07, 6.45) is 5.37. The molecule has 1 aromatic carbocycles. The van der Waals surface area contributed by atoms with E-state index in [-0.39, 0.29) is 0 Å². The fourth-order valence-corrected chi connectivity index (χ4v) is 2.38. The molecular weight excluding hydrogens is 224 g/mol. The molecule has 0 unspecified atom stereocenters. The maximum absolute atomic E-state index is 10.8. The van der Waals surface area contributed by atoms with Crippen molar-refractivity contribution in [3.05, 3.63) is 35.9 Å². The minimum atomic E-state index is -0.396. The summed E-state index contributed by atoms with van der Waals surface area (Å²) in [7, 11) is 0. The van der Waals surface area contributed by atoms with Crippen LogP contribution >= 0.6 is 0 Å². The molecule has 0 aliphatic carbocycles. The van der Waals surface area contributed by atoms with Gasteiger partial charge in [0.1, 0.15) is 0 Å². The summed E-state index contributed by atoms with van der Waals surface area (Å²) in [5.74, 6) is -0.396. The SMILES string of the molecule is C/C(=C\C(N)=O)c1ccc(N2CCCCC2)cc1. The van der Waals surface area contributed by atoms with E-state index in [0.717, 1.165) is 24.2 Å². The third-order valence-electron chi connectivity index (χ3n) is 3.40. The van der Waals surface area contributed by atoms with Gasteiger partial charge in [0, 0.05) is 24.9 Å². The zero-order chi connectivity index (χ0) is 13.0. The molecule has 1 amide bonds. The second-order valence-electron chi connectivity index (χ2n) is 4.82. The quantitative estimate of drug-likeness (QED) is 0.831. The first-order valence-electron chi connectivity index (χ1n) is 6.50. The molecule has 1 fully saturated rings. The van der Waals surface area contributed by atoms with Gasteiger partial charge in [0.2, 0.25) is 5.91 Å². The average Bonchev–Trinajstić information content (AvgIpc) is 2.39. The van der Waals surface area contributed by atoms with Crippen LogP contribution in [-0.2, 0) is 4.79 Å². The maximum atomic E-state index is 10.8. The van der Waals surface area contributed by atoms with Crippen LogP contribution in [0.2, 0.25) is 0 Å². The average molecular weight is 244 g/mol. The standard InChI is InChI=1S/C15H20N2O/c1-12(11-15(16)18)13-5-7-14(8-6-13)17-9-3-2-4-10-17/h5-8,11H,2-4,9-10H2,1H3,(H2,16,18)/b12-11+. The van der Waals surface area contributed by atoms with E-state index >= 15 is 0 Å². The largest absolute Gasteiger partial charge is 0.372 e. The van der Waals surface area contributed by atoms with Gasteiger partial charge >= 0.3 is 0 Å². The number of nitrogens with two attached hydrogens (primary N) is 1. The van der Waals surface area contributed by atoms with E-state index in [9.17, 15) is 4.79 Å². The lowest BCUT2D eigenvalue weighted by atomic mass is 10.1. The van der Waals surface area contributed by atoms with E-state index in [1.807, 2.05) is 6.92 Å². The van der Waals surface area contributed by atoms with Crippen LogP contribution in [0.25, 0.3) is 5.57 Å². The summed E-state index contributed by atoms with van der Waals surface area (Å²) >= 11 is 0. The molecular formula is C15H20N2O. The van der Waals surface area contributed by atoms with Crippen LogP contribution in [0, 0.1) is 0 Å². The first-order valence-corrected chi connectivity index (χ1v) is 6.50. The second kappa shape index (κ2) is 5.71. The zero-order valence-electron chi connectivity index (χ0n) is 10.9. The van der Waals surface area contributed by atoms with Crippen molar-refractivity contribution in [2.45, 2.75) is 26.2 Å². The number of carbonyl (C=O) groups excluding carboxylic acids is 1. The lowest BCUT2D eigenvalue weighted by molar-refractivity contribution is -0.113. The minimum absolute atomic E-state index is 0.396. The Morgan fingerprint density at radius 3 is 2.33 bits per heavy atom. The Labute approximate surface area is 108 Å². The van der Waals surface area contributed by atoms with Crippen molar-refractivity contribution in [3.63, 3.8) is 0 Å². The number of nitrogens with zero attached hydrogens (tertiary/aromatic N) is 1. The van der Waals surface area contributed by atoms with Crippen LogP contribution in [0.4, 0.5) is 5.69 Å². The van der Waals surface area contributed by atoms with E-state index in [2.05, 4.69) is 29.2 Å². The highest BCUT2D eigenvalue weighted by Crippen LogP contribution is 2.22. The molecule has 0 atom stereocenters. The van der Waals surface area contributed by atoms with Crippen molar-refractivity contribution in [2.75, 3.05) is 18.0 Å². The predicted molar refractivity (Wildman–Crippen MR) is 75.4 cm³/mol. The summed E-state index contributed by atoms with van der Waals surface area (Å²) < 4.78 is 0. The number of rotatable bonds is 3. The fourth-order valence-electron chi connectivity index (χ4n) is 2.38. The Balaban J connectivity index is 2.12. The van der Waals surface area contributed by atoms with Crippen molar-refractivity contribution in [1.82, 2.24) is 0 Å². The maximum Gasteiger partial charge on any atom is 0.241 e. The molecule has 1 aliphatic rings. The van der Waals surface area contributed by atoms with E-state index in [1.165, 1.54) is 31.0 Å². The van der Waals surface area contributed by atoms with Crippen molar-refractivity contribution in [1.29, 1.82) is 0 Å².